The first-order valence-corrected chi connectivity index (χ1v) is 10.1. The number of hydrogen-bond donors (Lipinski definition) is 2. The van der Waals surface area contributed by atoms with Crippen LogP contribution in [0.5, 0.6) is 0 Å². The average molecular weight is 392 g/mol. The fourth-order valence-corrected chi connectivity index (χ4v) is 6.20. The number of ether oxygens (including phenoxy) is 1. The SMILES string of the molecule is Cc1ccc(Cl)cc1NC(=O)COC(=O)CC12C[C@@H]3C[C@@H](CC(O)(C3)C1)C2. The Kier molecular flexibility index (Phi) is 4.71. The number of amides is 1. The molecular weight excluding hydrogens is 366 g/mol. The van der Waals surface area contributed by atoms with Gasteiger partial charge in [0.25, 0.3) is 5.91 Å². The highest BCUT2D eigenvalue weighted by Gasteiger charge is 2.57. The van der Waals surface area contributed by atoms with E-state index in [1.165, 1.54) is 6.42 Å². The topological polar surface area (TPSA) is 75.6 Å². The highest BCUT2D eigenvalue weighted by molar-refractivity contribution is 6.31. The Morgan fingerprint density at radius 1 is 1.26 bits per heavy atom. The summed E-state index contributed by atoms with van der Waals surface area (Å²) < 4.78 is 5.25. The van der Waals surface area contributed by atoms with E-state index in [1.807, 2.05) is 13.0 Å². The minimum atomic E-state index is -0.591. The zero-order chi connectivity index (χ0) is 19.2. The van der Waals surface area contributed by atoms with Gasteiger partial charge in [-0.1, -0.05) is 17.7 Å². The van der Waals surface area contributed by atoms with Crippen molar-refractivity contribution in [3.8, 4) is 0 Å². The second-order valence-corrected chi connectivity index (χ2v) is 9.47. The highest BCUT2D eigenvalue weighted by Crippen LogP contribution is 2.62. The van der Waals surface area contributed by atoms with E-state index in [-0.39, 0.29) is 23.9 Å². The first-order valence-electron chi connectivity index (χ1n) is 9.68. The van der Waals surface area contributed by atoms with E-state index in [1.54, 1.807) is 12.1 Å². The molecule has 0 aliphatic heterocycles. The molecule has 4 fully saturated rings. The highest BCUT2D eigenvalue weighted by atomic mass is 35.5. The van der Waals surface area contributed by atoms with Gasteiger partial charge in [0.15, 0.2) is 6.61 Å². The van der Waals surface area contributed by atoms with Crippen LogP contribution in [0.15, 0.2) is 18.2 Å². The molecule has 4 saturated carbocycles. The lowest BCUT2D eigenvalue weighted by Gasteiger charge is -2.60. The summed E-state index contributed by atoms with van der Waals surface area (Å²) in [7, 11) is 0. The van der Waals surface area contributed by atoms with Gasteiger partial charge < -0.3 is 15.2 Å². The van der Waals surface area contributed by atoms with Crippen LogP contribution in [0.1, 0.15) is 50.5 Å². The van der Waals surface area contributed by atoms with E-state index in [2.05, 4.69) is 5.32 Å². The molecule has 146 valence electrons. The van der Waals surface area contributed by atoms with Crippen LogP contribution in [-0.4, -0.2) is 29.2 Å². The molecule has 27 heavy (non-hydrogen) atoms. The van der Waals surface area contributed by atoms with Crippen LogP contribution in [0.4, 0.5) is 5.69 Å². The fourth-order valence-electron chi connectivity index (χ4n) is 6.03. The van der Waals surface area contributed by atoms with Crippen molar-refractivity contribution in [2.24, 2.45) is 17.3 Å². The molecule has 0 saturated heterocycles. The van der Waals surface area contributed by atoms with Crippen molar-refractivity contribution in [3.63, 3.8) is 0 Å². The van der Waals surface area contributed by atoms with Gasteiger partial charge in [0.1, 0.15) is 0 Å². The van der Waals surface area contributed by atoms with Gasteiger partial charge >= 0.3 is 5.97 Å². The number of aliphatic hydroxyl groups is 1. The molecule has 5 nitrogen and oxygen atoms in total. The van der Waals surface area contributed by atoms with E-state index in [4.69, 9.17) is 16.3 Å². The monoisotopic (exact) mass is 391 g/mol. The van der Waals surface area contributed by atoms with Gasteiger partial charge in [-0.25, -0.2) is 0 Å². The number of carbonyl (C=O) groups excluding carboxylic acids is 2. The lowest BCUT2D eigenvalue weighted by molar-refractivity contribution is -0.177. The summed E-state index contributed by atoms with van der Waals surface area (Å²) in [5.41, 5.74) is 0.773. The predicted octanol–water partition coefficient (Wildman–Crippen LogP) is 3.85. The molecule has 4 bridgehead atoms. The molecule has 0 aromatic heterocycles. The Bertz CT molecular complexity index is 763. The Balaban J connectivity index is 1.31. The molecule has 0 radical (unpaired) electrons. The van der Waals surface area contributed by atoms with Crippen molar-refractivity contribution in [1.29, 1.82) is 0 Å². The summed E-state index contributed by atoms with van der Waals surface area (Å²) in [5, 5.41) is 14.1. The molecule has 1 aromatic rings. The molecule has 0 heterocycles. The first-order chi connectivity index (χ1) is 12.7. The van der Waals surface area contributed by atoms with Crippen LogP contribution in [0.2, 0.25) is 5.02 Å². The van der Waals surface area contributed by atoms with E-state index in [0.29, 0.717) is 35.4 Å². The van der Waals surface area contributed by atoms with Gasteiger partial charge in [0.05, 0.1) is 12.0 Å². The predicted molar refractivity (Wildman–Crippen MR) is 102 cm³/mol. The number of esters is 1. The van der Waals surface area contributed by atoms with Gasteiger partial charge in [-0.2, -0.15) is 0 Å². The maximum Gasteiger partial charge on any atom is 0.306 e. The lowest BCUT2D eigenvalue weighted by Crippen LogP contribution is -2.56. The third-order valence-corrected chi connectivity index (χ3v) is 6.74. The minimum absolute atomic E-state index is 0.143. The number of hydrogen-bond acceptors (Lipinski definition) is 4. The summed E-state index contributed by atoms with van der Waals surface area (Å²) in [6, 6.07) is 5.25. The Labute approximate surface area is 164 Å². The van der Waals surface area contributed by atoms with E-state index in [9.17, 15) is 14.7 Å². The van der Waals surface area contributed by atoms with Crippen molar-refractivity contribution >= 4 is 29.2 Å². The molecule has 2 unspecified atom stereocenters. The minimum Gasteiger partial charge on any atom is -0.456 e. The molecule has 0 spiro atoms. The van der Waals surface area contributed by atoms with Crippen LogP contribution < -0.4 is 5.32 Å². The number of aryl methyl sites for hydroxylation is 1. The second-order valence-electron chi connectivity index (χ2n) is 9.03. The molecule has 4 atom stereocenters. The molecule has 1 aromatic carbocycles. The van der Waals surface area contributed by atoms with Gasteiger partial charge in [0.2, 0.25) is 0 Å². The number of benzene rings is 1. The molecule has 4 aliphatic rings. The summed E-state index contributed by atoms with van der Waals surface area (Å²) >= 11 is 5.95. The number of rotatable bonds is 5. The third kappa shape index (κ3) is 3.99. The van der Waals surface area contributed by atoms with Crippen molar-refractivity contribution in [3.05, 3.63) is 28.8 Å². The molecule has 6 heteroatoms. The molecular formula is C21H26ClNO4. The number of carbonyl (C=O) groups is 2. The maximum atomic E-state index is 12.4. The molecule has 4 aliphatic carbocycles. The molecule has 5 rings (SSSR count). The summed E-state index contributed by atoms with van der Waals surface area (Å²) in [4.78, 5) is 24.5. The van der Waals surface area contributed by atoms with Crippen LogP contribution in [0.25, 0.3) is 0 Å². The van der Waals surface area contributed by atoms with Crippen molar-refractivity contribution in [1.82, 2.24) is 0 Å². The maximum absolute atomic E-state index is 12.4. The Hall–Kier alpha value is -1.59. The summed E-state index contributed by atoms with van der Waals surface area (Å²) in [5.74, 6) is 0.327. The number of anilines is 1. The van der Waals surface area contributed by atoms with Crippen LogP contribution in [-0.2, 0) is 14.3 Å². The van der Waals surface area contributed by atoms with Gasteiger partial charge in [0, 0.05) is 10.7 Å². The molecule has 1 amide bonds. The zero-order valence-corrected chi connectivity index (χ0v) is 16.3. The third-order valence-electron chi connectivity index (χ3n) is 6.51. The Morgan fingerprint density at radius 3 is 2.63 bits per heavy atom. The summed E-state index contributed by atoms with van der Waals surface area (Å²) in [6.07, 6.45) is 5.91. The standard InChI is InChI=1S/C21H26ClNO4/c1-13-2-3-16(22)5-17(13)23-18(24)11-27-19(25)10-20-6-14-4-15(7-20)9-21(26,8-14)12-20/h2-3,5,14-15,26H,4,6-12H2,1H3,(H,23,24)/t14-,15+,20?,21?. The Morgan fingerprint density at radius 2 is 1.96 bits per heavy atom. The summed E-state index contributed by atoms with van der Waals surface area (Å²) in [6.45, 7) is 1.56. The second kappa shape index (κ2) is 6.78. The average Bonchev–Trinajstić information content (AvgIpc) is 2.53. The van der Waals surface area contributed by atoms with Gasteiger partial charge in [-0.3, -0.25) is 9.59 Å². The van der Waals surface area contributed by atoms with Crippen LogP contribution in [0, 0.1) is 24.2 Å². The van der Waals surface area contributed by atoms with E-state index in [0.717, 1.165) is 31.2 Å². The van der Waals surface area contributed by atoms with Crippen LogP contribution >= 0.6 is 11.6 Å². The van der Waals surface area contributed by atoms with Crippen LogP contribution in [0.3, 0.4) is 0 Å². The quantitative estimate of drug-likeness (QED) is 0.747. The number of halogens is 1. The zero-order valence-electron chi connectivity index (χ0n) is 15.6. The van der Waals surface area contributed by atoms with Crippen molar-refractivity contribution < 1.29 is 19.4 Å². The normalized spacial score (nSPS) is 33.7. The smallest absolute Gasteiger partial charge is 0.306 e. The van der Waals surface area contributed by atoms with Gasteiger partial charge in [-0.15, -0.1) is 0 Å². The number of nitrogens with one attached hydrogen (secondary N) is 1. The van der Waals surface area contributed by atoms with E-state index < -0.39 is 5.60 Å². The van der Waals surface area contributed by atoms with Crippen molar-refractivity contribution in [2.45, 2.75) is 57.5 Å². The largest absolute Gasteiger partial charge is 0.456 e. The van der Waals surface area contributed by atoms with Gasteiger partial charge in [-0.05, 0) is 80.4 Å². The fraction of sp³-hybridized carbons (Fsp3) is 0.619. The molecule has 2 N–H and O–H groups in total. The lowest BCUT2D eigenvalue weighted by atomic mass is 9.47. The van der Waals surface area contributed by atoms with E-state index >= 15 is 0 Å². The van der Waals surface area contributed by atoms with Crippen molar-refractivity contribution in [2.75, 3.05) is 11.9 Å². The first kappa shape index (κ1) is 18.8.